The van der Waals surface area contributed by atoms with Crippen molar-refractivity contribution in [3.8, 4) is 0 Å². The maximum atomic E-state index is 10.2. The minimum Gasteiger partial charge on any atom is -0.481 e. The van der Waals surface area contributed by atoms with Crippen LogP contribution in [0.2, 0.25) is 0 Å². The Morgan fingerprint density at radius 1 is 1.47 bits per heavy atom. The summed E-state index contributed by atoms with van der Waals surface area (Å²) >= 11 is 3.37. The van der Waals surface area contributed by atoms with Crippen molar-refractivity contribution in [1.29, 1.82) is 0 Å². The highest BCUT2D eigenvalue weighted by molar-refractivity contribution is 9.10. The molecule has 5 heteroatoms. The maximum Gasteiger partial charge on any atom is 0.304 e. The Morgan fingerprint density at radius 2 is 2.20 bits per heavy atom. The molecule has 0 saturated carbocycles. The third-order valence-electron chi connectivity index (χ3n) is 1.73. The predicted molar refractivity (Wildman–Crippen MR) is 65.3 cm³/mol. The van der Waals surface area contributed by atoms with Gasteiger partial charge >= 0.3 is 5.97 Å². The molecule has 1 aromatic carbocycles. The average molecular weight is 295 g/mol. The smallest absolute Gasteiger partial charge is 0.304 e. The normalized spacial score (nSPS) is 9.40. The Morgan fingerprint density at radius 3 is 2.80 bits per heavy atom. The number of aliphatic carboxylic acids is 1. The first-order valence-electron chi connectivity index (χ1n) is 4.35. The highest BCUT2D eigenvalue weighted by Gasteiger charge is 1.96. The summed E-state index contributed by atoms with van der Waals surface area (Å²) in [6.07, 6.45) is 0.161. The van der Waals surface area contributed by atoms with Crippen LogP contribution in [-0.4, -0.2) is 17.6 Å². The number of carboxylic acids is 1. The molecule has 0 aromatic heterocycles. The van der Waals surface area contributed by atoms with Crippen LogP contribution in [0.4, 0.5) is 0 Å². The van der Waals surface area contributed by atoms with E-state index in [0.29, 0.717) is 13.1 Å². The summed E-state index contributed by atoms with van der Waals surface area (Å²) in [5.41, 5.74) is 1.14. The van der Waals surface area contributed by atoms with Gasteiger partial charge in [-0.05, 0) is 17.7 Å². The highest BCUT2D eigenvalue weighted by atomic mass is 79.9. The fourth-order valence-electron chi connectivity index (χ4n) is 1.07. The lowest BCUT2D eigenvalue weighted by Gasteiger charge is -2.03. The largest absolute Gasteiger partial charge is 0.481 e. The summed E-state index contributed by atoms with van der Waals surface area (Å²) in [4.78, 5) is 10.2. The third-order valence-corrected chi connectivity index (χ3v) is 2.23. The Labute approximate surface area is 103 Å². The number of benzene rings is 1. The first-order chi connectivity index (χ1) is 6.68. The third kappa shape index (κ3) is 6.49. The van der Waals surface area contributed by atoms with Crippen molar-refractivity contribution in [1.82, 2.24) is 5.32 Å². The summed E-state index contributed by atoms with van der Waals surface area (Å²) in [6.45, 7) is 1.20. The molecule has 0 aliphatic rings. The predicted octanol–water partition coefficient (Wildman–Crippen LogP) is 2.44. The van der Waals surface area contributed by atoms with Gasteiger partial charge in [0.1, 0.15) is 0 Å². The molecule has 0 radical (unpaired) electrons. The van der Waals surface area contributed by atoms with Gasteiger partial charge in [0, 0.05) is 17.6 Å². The Hall–Kier alpha value is -0.580. The van der Waals surface area contributed by atoms with Gasteiger partial charge in [0.15, 0.2) is 0 Å². The molecule has 0 atom stereocenters. The molecule has 0 saturated heterocycles. The van der Waals surface area contributed by atoms with E-state index in [1.807, 2.05) is 24.3 Å². The molecule has 0 heterocycles. The Balaban J connectivity index is 0.00000196. The first-order valence-corrected chi connectivity index (χ1v) is 5.15. The Bertz CT molecular complexity index is 320. The molecule has 1 rings (SSSR count). The van der Waals surface area contributed by atoms with Crippen LogP contribution in [0.15, 0.2) is 28.7 Å². The van der Waals surface area contributed by atoms with E-state index in [-0.39, 0.29) is 18.8 Å². The zero-order valence-corrected chi connectivity index (χ0v) is 10.5. The van der Waals surface area contributed by atoms with Crippen molar-refractivity contribution in [2.45, 2.75) is 13.0 Å². The topological polar surface area (TPSA) is 49.3 Å². The summed E-state index contributed by atoms with van der Waals surface area (Å²) in [5.74, 6) is -0.772. The molecule has 0 unspecified atom stereocenters. The molecule has 84 valence electrons. The second-order valence-corrected chi connectivity index (χ2v) is 3.87. The second-order valence-electron chi connectivity index (χ2n) is 2.95. The number of hydrogen-bond donors (Lipinski definition) is 2. The van der Waals surface area contributed by atoms with Crippen LogP contribution in [0.5, 0.6) is 0 Å². The van der Waals surface area contributed by atoms with Gasteiger partial charge in [-0.1, -0.05) is 28.1 Å². The summed E-state index contributed by atoms with van der Waals surface area (Å²) in [5, 5.41) is 11.5. The first kappa shape index (κ1) is 14.4. The monoisotopic (exact) mass is 293 g/mol. The fourth-order valence-corrected chi connectivity index (χ4v) is 1.52. The van der Waals surface area contributed by atoms with Crippen LogP contribution in [0.25, 0.3) is 0 Å². The molecule has 0 spiro atoms. The number of halogens is 2. The van der Waals surface area contributed by atoms with Gasteiger partial charge in [-0.2, -0.15) is 0 Å². The maximum absolute atomic E-state index is 10.2. The molecule has 0 fully saturated rings. The number of carboxylic acid groups (broad SMARTS) is 1. The molecular formula is C10H13BrClNO2. The number of hydrogen-bond acceptors (Lipinski definition) is 2. The zero-order chi connectivity index (χ0) is 10.4. The van der Waals surface area contributed by atoms with E-state index < -0.39 is 5.97 Å². The number of carbonyl (C=O) groups is 1. The number of nitrogens with one attached hydrogen (secondary N) is 1. The van der Waals surface area contributed by atoms with E-state index in [1.54, 1.807) is 0 Å². The van der Waals surface area contributed by atoms with E-state index >= 15 is 0 Å². The molecule has 15 heavy (non-hydrogen) atoms. The van der Waals surface area contributed by atoms with Crippen molar-refractivity contribution >= 4 is 34.3 Å². The van der Waals surface area contributed by atoms with Gasteiger partial charge < -0.3 is 10.4 Å². The van der Waals surface area contributed by atoms with Crippen LogP contribution < -0.4 is 5.32 Å². The van der Waals surface area contributed by atoms with Crippen molar-refractivity contribution in [3.05, 3.63) is 34.3 Å². The van der Waals surface area contributed by atoms with Gasteiger partial charge in [0.05, 0.1) is 6.42 Å². The van der Waals surface area contributed by atoms with Crippen molar-refractivity contribution in [3.63, 3.8) is 0 Å². The molecule has 0 bridgehead atoms. The minimum atomic E-state index is -0.772. The quantitative estimate of drug-likeness (QED) is 0.820. The van der Waals surface area contributed by atoms with Crippen molar-refractivity contribution in [2.75, 3.05) is 6.54 Å². The van der Waals surface area contributed by atoms with Gasteiger partial charge in [0.2, 0.25) is 0 Å². The summed E-state index contributed by atoms with van der Waals surface area (Å²) < 4.78 is 1.04. The van der Waals surface area contributed by atoms with E-state index in [2.05, 4.69) is 21.2 Å². The van der Waals surface area contributed by atoms with Gasteiger partial charge in [0.25, 0.3) is 0 Å². The molecular weight excluding hydrogens is 281 g/mol. The standard InChI is InChI=1S/C10H12BrNO2.ClH/c11-9-3-1-2-8(6-9)7-12-5-4-10(13)14;/h1-3,6,12H,4-5,7H2,(H,13,14);1H. The minimum absolute atomic E-state index is 0. The molecule has 2 N–H and O–H groups in total. The zero-order valence-electron chi connectivity index (χ0n) is 8.07. The van der Waals surface area contributed by atoms with E-state index in [4.69, 9.17) is 5.11 Å². The van der Waals surface area contributed by atoms with Crippen LogP contribution in [0.1, 0.15) is 12.0 Å². The SMILES string of the molecule is Cl.O=C(O)CCNCc1cccc(Br)c1. The van der Waals surface area contributed by atoms with Gasteiger partial charge in [-0.3, -0.25) is 4.79 Å². The molecule has 0 aliphatic heterocycles. The molecule has 0 aliphatic carbocycles. The number of rotatable bonds is 5. The summed E-state index contributed by atoms with van der Waals surface area (Å²) in [7, 11) is 0. The molecule has 0 amide bonds. The van der Waals surface area contributed by atoms with E-state index in [0.717, 1.165) is 10.0 Å². The second kappa shape index (κ2) is 7.68. The average Bonchev–Trinajstić information content (AvgIpc) is 2.12. The van der Waals surface area contributed by atoms with Crippen LogP contribution >= 0.6 is 28.3 Å². The van der Waals surface area contributed by atoms with Crippen LogP contribution in [0.3, 0.4) is 0 Å². The van der Waals surface area contributed by atoms with E-state index in [9.17, 15) is 4.79 Å². The lowest BCUT2D eigenvalue weighted by Crippen LogP contribution is -2.17. The van der Waals surface area contributed by atoms with Crippen LogP contribution in [0, 0.1) is 0 Å². The Kier molecular flexibility index (Phi) is 7.38. The van der Waals surface area contributed by atoms with Gasteiger partial charge in [-0.25, -0.2) is 0 Å². The van der Waals surface area contributed by atoms with Crippen LogP contribution in [-0.2, 0) is 11.3 Å². The molecule has 1 aromatic rings. The highest BCUT2D eigenvalue weighted by Crippen LogP contribution is 2.11. The fraction of sp³-hybridized carbons (Fsp3) is 0.300. The summed E-state index contributed by atoms with van der Waals surface area (Å²) in [6, 6.07) is 7.92. The van der Waals surface area contributed by atoms with Gasteiger partial charge in [-0.15, -0.1) is 12.4 Å². The lowest BCUT2D eigenvalue weighted by atomic mass is 10.2. The van der Waals surface area contributed by atoms with Crippen molar-refractivity contribution < 1.29 is 9.90 Å². The van der Waals surface area contributed by atoms with E-state index in [1.165, 1.54) is 0 Å². The molecule has 3 nitrogen and oxygen atoms in total. The van der Waals surface area contributed by atoms with Crippen molar-refractivity contribution in [2.24, 2.45) is 0 Å². The lowest BCUT2D eigenvalue weighted by molar-refractivity contribution is -0.136.